The van der Waals surface area contributed by atoms with Crippen molar-refractivity contribution in [1.82, 2.24) is 0 Å². The number of phenolic OH excluding ortho intramolecular Hbond substituents is 1. The second kappa shape index (κ2) is 12.2. The molecule has 5 heteroatoms. The van der Waals surface area contributed by atoms with E-state index in [0.29, 0.717) is 47.0 Å². The van der Waals surface area contributed by atoms with Crippen LogP contribution in [0.1, 0.15) is 41.7 Å². The van der Waals surface area contributed by atoms with Gasteiger partial charge in [0.1, 0.15) is 35.7 Å². The molecule has 0 aliphatic carbocycles. The summed E-state index contributed by atoms with van der Waals surface area (Å²) in [6.45, 7) is 2.47. The van der Waals surface area contributed by atoms with Gasteiger partial charge in [-0.05, 0) is 76.7 Å². The summed E-state index contributed by atoms with van der Waals surface area (Å²) < 4.78 is 16.8. The van der Waals surface area contributed by atoms with Gasteiger partial charge in [-0.2, -0.15) is 0 Å². The molecule has 0 fully saturated rings. The number of aromatic hydroxyl groups is 1. The largest absolute Gasteiger partial charge is 0.507 e. The Morgan fingerprint density at radius 3 is 2.11 bits per heavy atom. The van der Waals surface area contributed by atoms with E-state index in [-0.39, 0.29) is 5.75 Å². The van der Waals surface area contributed by atoms with E-state index in [9.17, 15) is 10.2 Å². The first-order valence-electron chi connectivity index (χ1n) is 12.2. The molecule has 4 aromatic rings. The minimum Gasteiger partial charge on any atom is -0.507 e. The molecule has 0 heterocycles. The van der Waals surface area contributed by atoms with Gasteiger partial charge in [0.05, 0.1) is 14.2 Å². The van der Waals surface area contributed by atoms with E-state index in [1.165, 1.54) is 0 Å². The molecule has 0 aliphatic heterocycles. The maximum atomic E-state index is 11.7. The maximum absolute atomic E-state index is 11.7. The van der Waals surface area contributed by atoms with Crippen LogP contribution in [0.4, 0.5) is 0 Å². The number of rotatable bonds is 10. The number of aliphatic hydroxyl groups is 1. The van der Waals surface area contributed by atoms with E-state index in [4.69, 9.17) is 14.2 Å². The lowest BCUT2D eigenvalue weighted by molar-refractivity contribution is 0.238. The van der Waals surface area contributed by atoms with E-state index >= 15 is 0 Å². The van der Waals surface area contributed by atoms with Crippen molar-refractivity contribution in [3.05, 3.63) is 119 Å². The molecule has 1 atom stereocenters. The Bertz CT molecular complexity index is 1340. The number of allylic oxidation sites excluding steroid dienone is 1. The van der Waals surface area contributed by atoms with Crippen molar-refractivity contribution in [3.63, 3.8) is 0 Å². The van der Waals surface area contributed by atoms with Crippen LogP contribution in [0.15, 0.2) is 97.1 Å². The van der Waals surface area contributed by atoms with Crippen LogP contribution in [0.5, 0.6) is 23.0 Å². The SMILES string of the molecule is CC/C(=C(\c1cccc(OC)c1)[C@H](O)c1ccc(OCc2ccccc2)cc1)c1cc(OC)ccc1O. The lowest BCUT2D eigenvalue weighted by atomic mass is 9.86. The summed E-state index contributed by atoms with van der Waals surface area (Å²) in [5, 5.41) is 22.5. The molecule has 2 N–H and O–H groups in total. The van der Waals surface area contributed by atoms with Crippen molar-refractivity contribution < 1.29 is 24.4 Å². The molecule has 0 aliphatic rings. The summed E-state index contributed by atoms with van der Waals surface area (Å²) in [6, 6.07) is 30.1. The van der Waals surface area contributed by atoms with E-state index in [1.807, 2.05) is 85.8 Å². The van der Waals surface area contributed by atoms with Crippen LogP contribution in [0.25, 0.3) is 11.1 Å². The summed E-state index contributed by atoms with van der Waals surface area (Å²) in [5.74, 6) is 2.14. The fourth-order valence-corrected chi connectivity index (χ4v) is 4.35. The molecule has 0 radical (unpaired) electrons. The zero-order valence-corrected chi connectivity index (χ0v) is 21.3. The molecule has 0 bridgehead atoms. The van der Waals surface area contributed by atoms with Crippen molar-refractivity contribution in [2.45, 2.75) is 26.1 Å². The van der Waals surface area contributed by atoms with Gasteiger partial charge in [0, 0.05) is 5.56 Å². The van der Waals surface area contributed by atoms with Gasteiger partial charge in [-0.1, -0.05) is 61.5 Å². The lowest BCUT2D eigenvalue weighted by Gasteiger charge is -2.22. The Hall–Kier alpha value is -4.22. The van der Waals surface area contributed by atoms with Gasteiger partial charge in [0.2, 0.25) is 0 Å². The second-order valence-electron chi connectivity index (χ2n) is 8.61. The molecular weight excluding hydrogens is 464 g/mol. The van der Waals surface area contributed by atoms with Gasteiger partial charge < -0.3 is 24.4 Å². The molecule has 0 saturated carbocycles. The smallest absolute Gasteiger partial charge is 0.123 e. The summed E-state index contributed by atoms with van der Waals surface area (Å²) in [6.07, 6.45) is -0.390. The number of hydrogen-bond acceptors (Lipinski definition) is 5. The summed E-state index contributed by atoms with van der Waals surface area (Å²) in [4.78, 5) is 0. The fourth-order valence-electron chi connectivity index (χ4n) is 4.35. The van der Waals surface area contributed by atoms with Crippen LogP contribution in [0.2, 0.25) is 0 Å². The van der Waals surface area contributed by atoms with Crippen molar-refractivity contribution in [2.75, 3.05) is 14.2 Å². The number of methoxy groups -OCH3 is 2. The molecule has 190 valence electrons. The molecule has 4 aromatic carbocycles. The molecule has 0 saturated heterocycles. The Balaban J connectivity index is 1.74. The number of ether oxygens (including phenoxy) is 3. The number of phenols is 1. The highest BCUT2D eigenvalue weighted by Crippen LogP contribution is 2.42. The summed E-state index contributed by atoms with van der Waals surface area (Å²) in [5.41, 5.74) is 4.69. The minimum atomic E-state index is -0.962. The third-order valence-corrected chi connectivity index (χ3v) is 6.31. The highest BCUT2D eigenvalue weighted by atomic mass is 16.5. The van der Waals surface area contributed by atoms with E-state index in [1.54, 1.807) is 32.4 Å². The summed E-state index contributed by atoms with van der Waals surface area (Å²) in [7, 11) is 3.20. The molecule has 37 heavy (non-hydrogen) atoms. The first kappa shape index (κ1) is 25.9. The Kier molecular flexibility index (Phi) is 8.49. The first-order chi connectivity index (χ1) is 18.0. The van der Waals surface area contributed by atoms with Crippen molar-refractivity contribution >= 4 is 11.1 Å². The normalized spacial score (nSPS) is 12.4. The predicted molar refractivity (Wildman–Crippen MR) is 147 cm³/mol. The van der Waals surface area contributed by atoms with Crippen LogP contribution in [0, 0.1) is 0 Å². The Morgan fingerprint density at radius 1 is 0.757 bits per heavy atom. The van der Waals surface area contributed by atoms with E-state index in [2.05, 4.69) is 0 Å². The molecule has 0 spiro atoms. The van der Waals surface area contributed by atoms with Gasteiger partial charge in [0.25, 0.3) is 0 Å². The lowest BCUT2D eigenvalue weighted by Crippen LogP contribution is -2.05. The number of benzene rings is 4. The first-order valence-corrected chi connectivity index (χ1v) is 12.2. The predicted octanol–water partition coefficient (Wildman–Crippen LogP) is 7.04. The van der Waals surface area contributed by atoms with Crippen molar-refractivity contribution in [2.24, 2.45) is 0 Å². The topological polar surface area (TPSA) is 68.2 Å². The molecule has 5 nitrogen and oxygen atoms in total. The third kappa shape index (κ3) is 6.13. The standard InChI is InChI=1S/C32H32O5/c1-4-28(29-20-27(36-3)17-18-30(29)33)31(24-11-8-12-26(19-24)35-2)32(34)23-13-15-25(16-14-23)37-21-22-9-6-5-7-10-22/h5-20,32-34H,4,21H2,1-3H3/b31-28-/t32-/m1/s1. The maximum Gasteiger partial charge on any atom is 0.123 e. The average Bonchev–Trinajstić information content (AvgIpc) is 2.95. The molecular formula is C32H32O5. The van der Waals surface area contributed by atoms with Gasteiger partial charge in [-0.15, -0.1) is 0 Å². The van der Waals surface area contributed by atoms with Gasteiger partial charge in [-0.25, -0.2) is 0 Å². The summed E-state index contributed by atoms with van der Waals surface area (Å²) >= 11 is 0. The van der Waals surface area contributed by atoms with Crippen molar-refractivity contribution in [3.8, 4) is 23.0 Å². The molecule has 4 rings (SSSR count). The van der Waals surface area contributed by atoms with Gasteiger partial charge in [-0.3, -0.25) is 0 Å². The molecule has 0 unspecified atom stereocenters. The minimum absolute atomic E-state index is 0.120. The zero-order valence-electron chi connectivity index (χ0n) is 21.3. The monoisotopic (exact) mass is 496 g/mol. The number of hydrogen-bond donors (Lipinski definition) is 2. The second-order valence-corrected chi connectivity index (χ2v) is 8.61. The highest BCUT2D eigenvalue weighted by Gasteiger charge is 2.23. The van der Waals surface area contributed by atoms with Gasteiger partial charge in [0.15, 0.2) is 0 Å². The quantitative estimate of drug-likeness (QED) is 0.230. The third-order valence-electron chi connectivity index (χ3n) is 6.31. The van der Waals surface area contributed by atoms with E-state index in [0.717, 1.165) is 16.7 Å². The number of aliphatic hydroxyl groups excluding tert-OH is 1. The van der Waals surface area contributed by atoms with E-state index < -0.39 is 6.10 Å². The molecule has 0 amide bonds. The van der Waals surface area contributed by atoms with Crippen LogP contribution in [-0.4, -0.2) is 24.4 Å². The van der Waals surface area contributed by atoms with Crippen LogP contribution in [-0.2, 0) is 6.61 Å². The average molecular weight is 497 g/mol. The Labute approximate surface area is 218 Å². The van der Waals surface area contributed by atoms with Crippen LogP contribution < -0.4 is 14.2 Å². The van der Waals surface area contributed by atoms with Gasteiger partial charge >= 0.3 is 0 Å². The molecule has 0 aromatic heterocycles. The fraction of sp³-hybridized carbons (Fsp3) is 0.188. The Morgan fingerprint density at radius 2 is 1.43 bits per heavy atom. The van der Waals surface area contributed by atoms with Crippen LogP contribution >= 0.6 is 0 Å². The highest BCUT2D eigenvalue weighted by molar-refractivity contribution is 5.94. The van der Waals surface area contributed by atoms with Crippen LogP contribution in [0.3, 0.4) is 0 Å². The zero-order chi connectivity index (χ0) is 26.2. The van der Waals surface area contributed by atoms with Crippen molar-refractivity contribution in [1.29, 1.82) is 0 Å².